The summed E-state index contributed by atoms with van der Waals surface area (Å²) in [6.45, 7) is 6.33. The van der Waals surface area contributed by atoms with Crippen LogP contribution in [0.1, 0.15) is 40.0 Å². The molecule has 3 heterocycles. The molecule has 1 aromatic carbocycles. The first kappa shape index (κ1) is 23.5. The summed E-state index contributed by atoms with van der Waals surface area (Å²) in [7, 11) is 0. The molecule has 2 unspecified atom stereocenters. The highest BCUT2D eigenvalue weighted by molar-refractivity contribution is 6.02. The van der Waals surface area contributed by atoms with Crippen molar-refractivity contribution in [2.45, 2.75) is 63.8 Å². The summed E-state index contributed by atoms with van der Waals surface area (Å²) >= 11 is 0. The highest BCUT2D eigenvalue weighted by atomic mass is 16.5. The van der Waals surface area contributed by atoms with Crippen LogP contribution in [-0.4, -0.2) is 71.3 Å². The Morgan fingerprint density at radius 2 is 2.00 bits per heavy atom. The van der Waals surface area contributed by atoms with Crippen molar-refractivity contribution in [3.05, 3.63) is 24.3 Å². The van der Waals surface area contributed by atoms with Crippen molar-refractivity contribution in [2.24, 2.45) is 11.8 Å². The Bertz CT molecular complexity index is 904. The van der Waals surface area contributed by atoms with Gasteiger partial charge in [-0.05, 0) is 64.3 Å². The van der Waals surface area contributed by atoms with E-state index >= 15 is 0 Å². The Morgan fingerprint density at radius 3 is 2.64 bits per heavy atom. The number of amides is 3. The van der Waals surface area contributed by atoms with Gasteiger partial charge in [0.05, 0.1) is 24.5 Å². The number of rotatable bonds is 9. The molecule has 0 radical (unpaired) electrons. The number of hydrogen-bond donors (Lipinski definition) is 3. The van der Waals surface area contributed by atoms with Crippen molar-refractivity contribution in [3.8, 4) is 5.75 Å². The molecule has 1 spiro atoms. The van der Waals surface area contributed by atoms with Gasteiger partial charge in [-0.15, -0.1) is 0 Å². The van der Waals surface area contributed by atoms with Crippen LogP contribution in [0.15, 0.2) is 24.3 Å². The number of carbonyl (C=O) groups is 3. The van der Waals surface area contributed by atoms with Crippen LogP contribution in [-0.2, 0) is 19.1 Å². The second-order valence-electron chi connectivity index (χ2n) is 9.27. The van der Waals surface area contributed by atoms with Crippen molar-refractivity contribution in [3.63, 3.8) is 0 Å². The maximum Gasteiger partial charge on any atom is 0.246 e. The van der Waals surface area contributed by atoms with Gasteiger partial charge < -0.3 is 30.1 Å². The van der Waals surface area contributed by atoms with Gasteiger partial charge in [0.25, 0.3) is 0 Å². The fourth-order valence-electron chi connectivity index (χ4n) is 5.63. The molecule has 3 saturated heterocycles. The molecule has 9 nitrogen and oxygen atoms in total. The SMILES string of the molecule is CCOc1ccc(NC(=O)[C@@H]2[C@H]3C(=O)N(CCCO)C(C(=O)NC(C)C)C34CC[C@H]2O4)cc1. The number of aliphatic hydroxyl groups excluding tert-OH is 1. The highest BCUT2D eigenvalue weighted by Gasteiger charge is 2.74. The van der Waals surface area contributed by atoms with E-state index in [-0.39, 0.29) is 36.9 Å². The summed E-state index contributed by atoms with van der Waals surface area (Å²) in [5.74, 6) is -1.49. The summed E-state index contributed by atoms with van der Waals surface area (Å²) in [5, 5.41) is 15.2. The minimum atomic E-state index is -1.02. The number of carbonyl (C=O) groups excluding carboxylic acids is 3. The first-order chi connectivity index (χ1) is 15.8. The summed E-state index contributed by atoms with van der Waals surface area (Å²) in [4.78, 5) is 41.6. The third-order valence-corrected chi connectivity index (χ3v) is 6.77. The third-order valence-electron chi connectivity index (χ3n) is 6.77. The number of likely N-dealkylation sites (tertiary alicyclic amines) is 1. The van der Waals surface area contributed by atoms with Gasteiger partial charge in [-0.3, -0.25) is 14.4 Å². The molecule has 180 valence electrons. The number of fused-ring (bicyclic) bond motifs is 1. The molecule has 0 aliphatic carbocycles. The maximum atomic E-state index is 13.5. The van der Waals surface area contributed by atoms with Crippen molar-refractivity contribution >= 4 is 23.4 Å². The second kappa shape index (κ2) is 9.30. The van der Waals surface area contributed by atoms with Gasteiger partial charge in [0.15, 0.2) is 0 Å². The predicted octanol–water partition coefficient (Wildman–Crippen LogP) is 1.31. The quantitative estimate of drug-likeness (QED) is 0.513. The first-order valence-electron chi connectivity index (χ1n) is 11.8. The van der Waals surface area contributed by atoms with Gasteiger partial charge in [-0.2, -0.15) is 0 Å². The van der Waals surface area contributed by atoms with Gasteiger partial charge in [-0.25, -0.2) is 0 Å². The van der Waals surface area contributed by atoms with Crippen molar-refractivity contribution < 1.29 is 29.0 Å². The maximum absolute atomic E-state index is 13.5. The molecule has 3 aliphatic heterocycles. The topological polar surface area (TPSA) is 117 Å². The second-order valence-corrected chi connectivity index (χ2v) is 9.27. The average Bonchev–Trinajstić information content (AvgIpc) is 3.40. The van der Waals surface area contributed by atoms with E-state index in [9.17, 15) is 19.5 Å². The van der Waals surface area contributed by atoms with Crippen LogP contribution in [0.4, 0.5) is 5.69 Å². The fraction of sp³-hybridized carbons (Fsp3) is 0.625. The molecule has 4 rings (SSSR count). The number of ether oxygens (including phenoxy) is 2. The summed E-state index contributed by atoms with van der Waals surface area (Å²) in [5.41, 5.74) is -0.409. The summed E-state index contributed by atoms with van der Waals surface area (Å²) in [6.07, 6.45) is 1.11. The number of anilines is 1. The number of hydrogen-bond acceptors (Lipinski definition) is 6. The van der Waals surface area contributed by atoms with Crippen LogP contribution < -0.4 is 15.4 Å². The van der Waals surface area contributed by atoms with E-state index in [0.29, 0.717) is 37.3 Å². The van der Waals surface area contributed by atoms with E-state index in [1.54, 1.807) is 24.3 Å². The zero-order valence-electron chi connectivity index (χ0n) is 19.4. The first-order valence-corrected chi connectivity index (χ1v) is 11.8. The predicted molar refractivity (Wildman–Crippen MR) is 121 cm³/mol. The summed E-state index contributed by atoms with van der Waals surface area (Å²) in [6, 6.07) is 6.17. The van der Waals surface area contributed by atoms with Crippen molar-refractivity contribution in [2.75, 3.05) is 25.1 Å². The normalized spacial score (nSPS) is 30.0. The van der Waals surface area contributed by atoms with Gasteiger partial charge in [0, 0.05) is 24.9 Å². The van der Waals surface area contributed by atoms with Gasteiger partial charge in [-0.1, -0.05) is 0 Å². The molecule has 3 aliphatic rings. The Balaban J connectivity index is 1.59. The lowest BCUT2D eigenvalue weighted by atomic mass is 9.70. The molecule has 33 heavy (non-hydrogen) atoms. The molecular weight excluding hydrogens is 426 g/mol. The molecule has 9 heteroatoms. The number of nitrogens with one attached hydrogen (secondary N) is 2. The van der Waals surface area contributed by atoms with Crippen LogP contribution in [0, 0.1) is 11.8 Å². The monoisotopic (exact) mass is 459 g/mol. The zero-order valence-corrected chi connectivity index (χ0v) is 19.4. The van der Waals surface area contributed by atoms with Crippen molar-refractivity contribution in [1.82, 2.24) is 10.2 Å². The van der Waals surface area contributed by atoms with Crippen LogP contribution >= 0.6 is 0 Å². The Morgan fingerprint density at radius 1 is 1.27 bits per heavy atom. The highest BCUT2D eigenvalue weighted by Crippen LogP contribution is 2.58. The molecule has 3 N–H and O–H groups in total. The molecule has 2 bridgehead atoms. The lowest BCUT2D eigenvalue weighted by Gasteiger charge is -2.33. The zero-order chi connectivity index (χ0) is 23.8. The van der Waals surface area contributed by atoms with Crippen LogP contribution in [0.3, 0.4) is 0 Å². The van der Waals surface area contributed by atoms with Crippen LogP contribution in [0.5, 0.6) is 5.75 Å². The van der Waals surface area contributed by atoms with E-state index < -0.39 is 29.6 Å². The smallest absolute Gasteiger partial charge is 0.246 e. The number of aliphatic hydroxyl groups is 1. The molecule has 0 saturated carbocycles. The van der Waals surface area contributed by atoms with Gasteiger partial charge >= 0.3 is 0 Å². The molecule has 3 amide bonds. The van der Waals surface area contributed by atoms with E-state index in [1.165, 1.54) is 4.90 Å². The lowest BCUT2D eigenvalue weighted by molar-refractivity contribution is -0.141. The van der Waals surface area contributed by atoms with Crippen molar-refractivity contribution in [1.29, 1.82) is 0 Å². The molecule has 3 fully saturated rings. The van der Waals surface area contributed by atoms with E-state index in [0.717, 1.165) is 0 Å². The molecule has 1 aromatic rings. The largest absolute Gasteiger partial charge is 0.494 e. The lowest BCUT2D eigenvalue weighted by Crippen LogP contribution is -2.56. The molecule has 5 atom stereocenters. The Kier molecular flexibility index (Phi) is 6.63. The van der Waals surface area contributed by atoms with E-state index in [4.69, 9.17) is 9.47 Å². The number of benzene rings is 1. The standard InChI is InChI=1S/C24H33N3O6/c1-4-32-16-8-6-15(7-9-16)26-21(29)18-17-10-11-24(33-17)19(18)23(31)27(12-5-13-28)20(24)22(30)25-14(2)3/h6-9,14,17-20,28H,4-5,10-13H2,1-3H3,(H,25,30)(H,26,29)/t17-,18+,19+,20?,24?/m1/s1. The fourth-order valence-corrected chi connectivity index (χ4v) is 5.63. The average molecular weight is 460 g/mol. The minimum absolute atomic E-state index is 0.0922. The van der Waals surface area contributed by atoms with Gasteiger partial charge in [0.1, 0.15) is 17.4 Å². The Labute approximate surface area is 193 Å². The Hall–Kier alpha value is -2.65. The molecular formula is C24H33N3O6. The van der Waals surface area contributed by atoms with Crippen LogP contribution in [0.25, 0.3) is 0 Å². The van der Waals surface area contributed by atoms with E-state index in [1.807, 2.05) is 20.8 Å². The summed E-state index contributed by atoms with van der Waals surface area (Å²) < 4.78 is 11.8. The van der Waals surface area contributed by atoms with Gasteiger partial charge in [0.2, 0.25) is 17.7 Å². The minimum Gasteiger partial charge on any atom is -0.494 e. The van der Waals surface area contributed by atoms with E-state index in [2.05, 4.69) is 10.6 Å². The third kappa shape index (κ3) is 4.08. The van der Waals surface area contributed by atoms with Crippen LogP contribution in [0.2, 0.25) is 0 Å². The molecule has 0 aromatic heterocycles. The number of nitrogens with zero attached hydrogens (tertiary/aromatic N) is 1.